The second-order valence-corrected chi connectivity index (χ2v) is 7.78. The third kappa shape index (κ3) is 5.93. The Morgan fingerprint density at radius 2 is 1.80 bits per heavy atom. The molecule has 0 spiro atoms. The summed E-state index contributed by atoms with van der Waals surface area (Å²) in [6.07, 6.45) is -4.15. The molecule has 0 unspecified atom stereocenters. The third-order valence-electron chi connectivity index (χ3n) is 3.47. The van der Waals surface area contributed by atoms with E-state index in [-0.39, 0.29) is 17.2 Å². The lowest BCUT2D eigenvalue weighted by Gasteiger charge is -2.12. The maximum Gasteiger partial charge on any atom is 0.416 e. The minimum atomic E-state index is -4.46. The molecule has 11 heteroatoms. The van der Waals surface area contributed by atoms with Gasteiger partial charge in [0.25, 0.3) is 0 Å². The Morgan fingerprint density at radius 3 is 2.32 bits per heavy atom. The van der Waals surface area contributed by atoms with Crippen molar-refractivity contribution in [3.8, 4) is 0 Å². The second kappa shape index (κ2) is 7.30. The summed E-state index contributed by atoms with van der Waals surface area (Å²) in [5.74, 6) is -0.765. The van der Waals surface area contributed by atoms with Crippen LogP contribution < -0.4 is 16.0 Å². The predicted molar refractivity (Wildman–Crippen MR) is 83.7 cm³/mol. The van der Waals surface area contributed by atoms with E-state index in [0.717, 1.165) is 24.3 Å². The first-order chi connectivity index (χ1) is 11.5. The summed E-state index contributed by atoms with van der Waals surface area (Å²) in [5.41, 5.74) is -0.684. The van der Waals surface area contributed by atoms with Gasteiger partial charge in [0.2, 0.25) is 5.91 Å². The van der Waals surface area contributed by atoms with E-state index in [2.05, 4.69) is 16.0 Å². The SMILES string of the molecule is O=C(CNC(=O)N[C@@H]1CCS(=O)(=O)C1)Nc1ccc(C(F)(F)F)cc1. The molecule has 1 fully saturated rings. The fourth-order valence-corrected chi connectivity index (χ4v) is 3.93. The van der Waals surface area contributed by atoms with Crippen LogP contribution in [0.5, 0.6) is 0 Å². The van der Waals surface area contributed by atoms with Gasteiger partial charge < -0.3 is 16.0 Å². The average Bonchev–Trinajstić information content (AvgIpc) is 2.83. The van der Waals surface area contributed by atoms with E-state index in [1.165, 1.54) is 0 Å². The van der Waals surface area contributed by atoms with Gasteiger partial charge in [0, 0.05) is 11.7 Å². The molecule has 7 nitrogen and oxygen atoms in total. The van der Waals surface area contributed by atoms with Crippen LogP contribution in [0.25, 0.3) is 0 Å². The smallest absolute Gasteiger partial charge is 0.334 e. The molecule has 0 saturated carbocycles. The van der Waals surface area contributed by atoms with E-state index >= 15 is 0 Å². The van der Waals surface area contributed by atoms with Crippen molar-refractivity contribution in [2.45, 2.75) is 18.6 Å². The zero-order valence-electron chi connectivity index (χ0n) is 12.9. The van der Waals surface area contributed by atoms with Gasteiger partial charge in [-0.1, -0.05) is 0 Å². The topological polar surface area (TPSA) is 104 Å². The number of alkyl halides is 3. The van der Waals surface area contributed by atoms with Gasteiger partial charge in [-0.05, 0) is 30.7 Å². The summed E-state index contributed by atoms with van der Waals surface area (Å²) < 4.78 is 59.8. The molecule has 0 aromatic heterocycles. The van der Waals surface area contributed by atoms with Crippen molar-refractivity contribution >= 4 is 27.5 Å². The Kier molecular flexibility index (Phi) is 5.55. The molecule has 3 amide bonds. The largest absolute Gasteiger partial charge is 0.416 e. The normalized spacial score (nSPS) is 19.2. The highest BCUT2D eigenvalue weighted by Gasteiger charge is 2.30. The first-order valence-electron chi connectivity index (χ1n) is 7.27. The Bertz CT molecular complexity index is 748. The standard InChI is InChI=1S/C14H16F3N3O4S/c15-14(16,17)9-1-3-10(4-2-9)19-12(21)7-18-13(22)20-11-5-6-25(23,24)8-11/h1-4,11H,5-8H2,(H,19,21)(H2,18,20,22)/t11-/m1/s1. The van der Waals surface area contributed by atoms with Gasteiger partial charge >= 0.3 is 12.2 Å². The molecule has 1 aromatic carbocycles. The Balaban J connectivity index is 1.76. The quantitative estimate of drug-likeness (QED) is 0.729. The summed E-state index contributed by atoms with van der Waals surface area (Å²) in [6.45, 7) is -0.410. The van der Waals surface area contributed by atoms with Crippen LogP contribution in [0.3, 0.4) is 0 Å². The Morgan fingerprint density at radius 1 is 1.16 bits per heavy atom. The van der Waals surface area contributed by atoms with Gasteiger partial charge in [-0.3, -0.25) is 4.79 Å². The maximum atomic E-state index is 12.4. The van der Waals surface area contributed by atoms with Crippen molar-refractivity contribution in [2.75, 3.05) is 23.4 Å². The van der Waals surface area contributed by atoms with Crippen molar-refractivity contribution in [3.05, 3.63) is 29.8 Å². The molecule has 1 atom stereocenters. The van der Waals surface area contributed by atoms with E-state index in [9.17, 15) is 31.2 Å². The summed E-state index contributed by atoms with van der Waals surface area (Å²) in [6, 6.07) is 2.67. The third-order valence-corrected chi connectivity index (χ3v) is 5.24. The zero-order valence-corrected chi connectivity index (χ0v) is 13.7. The monoisotopic (exact) mass is 379 g/mol. The van der Waals surface area contributed by atoms with Gasteiger partial charge in [0.15, 0.2) is 9.84 Å². The van der Waals surface area contributed by atoms with Crippen LogP contribution in [-0.2, 0) is 20.8 Å². The van der Waals surface area contributed by atoms with E-state index in [1.807, 2.05) is 0 Å². The number of rotatable bonds is 4. The molecule has 0 radical (unpaired) electrons. The fraction of sp³-hybridized carbons (Fsp3) is 0.429. The minimum absolute atomic E-state index is 0.00630. The number of carbonyl (C=O) groups excluding carboxylic acids is 2. The molecular formula is C14H16F3N3O4S. The van der Waals surface area contributed by atoms with Gasteiger partial charge in [-0.15, -0.1) is 0 Å². The number of halogens is 3. The first-order valence-corrected chi connectivity index (χ1v) is 9.09. The summed E-state index contributed by atoms with van der Waals surface area (Å²) in [7, 11) is -3.13. The lowest BCUT2D eigenvalue weighted by molar-refractivity contribution is -0.137. The number of sulfone groups is 1. The van der Waals surface area contributed by atoms with Crippen LogP contribution in [0.15, 0.2) is 24.3 Å². The lowest BCUT2D eigenvalue weighted by Crippen LogP contribution is -2.45. The minimum Gasteiger partial charge on any atom is -0.334 e. The molecule has 3 N–H and O–H groups in total. The van der Waals surface area contributed by atoms with Gasteiger partial charge in [0.1, 0.15) is 0 Å². The summed E-state index contributed by atoms with van der Waals surface area (Å²) in [5, 5.41) is 7.04. The van der Waals surface area contributed by atoms with Crippen LogP contribution in [0, 0.1) is 0 Å². The molecule has 1 aliphatic heterocycles. The molecule has 1 heterocycles. The number of benzene rings is 1. The Hall–Kier alpha value is -2.30. The van der Waals surface area contributed by atoms with Gasteiger partial charge in [-0.2, -0.15) is 13.2 Å². The van der Waals surface area contributed by atoms with Crippen LogP contribution >= 0.6 is 0 Å². The second-order valence-electron chi connectivity index (χ2n) is 5.55. The molecule has 1 aromatic rings. The van der Waals surface area contributed by atoms with Gasteiger partial charge in [0.05, 0.1) is 23.6 Å². The molecule has 0 aliphatic carbocycles. The predicted octanol–water partition coefficient (Wildman–Crippen LogP) is 1.13. The number of nitrogens with one attached hydrogen (secondary N) is 3. The van der Waals surface area contributed by atoms with Crippen LogP contribution in [0.2, 0.25) is 0 Å². The number of hydrogen-bond donors (Lipinski definition) is 3. The molecule has 138 valence electrons. The van der Waals surface area contributed by atoms with Crippen molar-refractivity contribution in [1.82, 2.24) is 10.6 Å². The highest BCUT2D eigenvalue weighted by molar-refractivity contribution is 7.91. The maximum absolute atomic E-state index is 12.4. The van der Waals surface area contributed by atoms with Crippen molar-refractivity contribution < 1.29 is 31.2 Å². The molecular weight excluding hydrogens is 363 g/mol. The van der Waals surface area contributed by atoms with Crippen molar-refractivity contribution in [1.29, 1.82) is 0 Å². The van der Waals surface area contributed by atoms with E-state index in [4.69, 9.17) is 0 Å². The van der Waals surface area contributed by atoms with E-state index in [0.29, 0.717) is 6.42 Å². The number of hydrogen-bond acceptors (Lipinski definition) is 4. The van der Waals surface area contributed by atoms with Crippen LogP contribution in [-0.4, -0.2) is 44.4 Å². The zero-order chi connectivity index (χ0) is 18.7. The highest BCUT2D eigenvalue weighted by atomic mass is 32.2. The van der Waals surface area contributed by atoms with E-state index < -0.39 is 46.1 Å². The molecule has 25 heavy (non-hydrogen) atoms. The fourth-order valence-electron chi connectivity index (χ4n) is 2.25. The average molecular weight is 379 g/mol. The highest BCUT2D eigenvalue weighted by Crippen LogP contribution is 2.29. The molecule has 0 bridgehead atoms. The Labute approximate surface area is 141 Å². The van der Waals surface area contributed by atoms with Crippen LogP contribution in [0.4, 0.5) is 23.7 Å². The molecule has 2 rings (SSSR count). The van der Waals surface area contributed by atoms with Crippen LogP contribution in [0.1, 0.15) is 12.0 Å². The number of amides is 3. The number of anilines is 1. The number of carbonyl (C=O) groups is 2. The summed E-state index contributed by atoms with van der Waals surface area (Å²) >= 11 is 0. The molecule has 1 aliphatic rings. The number of urea groups is 1. The van der Waals surface area contributed by atoms with Crippen molar-refractivity contribution in [2.24, 2.45) is 0 Å². The van der Waals surface area contributed by atoms with Crippen molar-refractivity contribution in [3.63, 3.8) is 0 Å². The van der Waals surface area contributed by atoms with E-state index in [1.54, 1.807) is 0 Å². The van der Waals surface area contributed by atoms with Gasteiger partial charge in [-0.25, -0.2) is 13.2 Å². The first kappa shape index (κ1) is 19.0. The summed E-state index contributed by atoms with van der Waals surface area (Å²) in [4.78, 5) is 23.3. The molecule has 1 saturated heterocycles. The lowest BCUT2D eigenvalue weighted by atomic mass is 10.2.